The Balaban J connectivity index is 0.00000392. The van der Waals surface area contributed by atoms with Gasteiger partial charge in [-0.25, -0.2) is 13.4 Å². The quantitative estimate of drug-likeness (QED) is 0.352. The Morgan fingerprint density at radius 2 is 1.96 bits per heavy atom. The maximum Gasteiger partial charge on any atom is 1.00 e. The van der Waals surface area contributed by atoms with Gasteiger partial charge in [-0.3, -0.25) is 9.59 Å². The number of halogens is 1. The molecular weight excluding hydrogens is 418 g/mol. The molecule has 28 heavy (non-hydrogen) atoms. The summed E-state index contributed by atoms with van der Waals surface area (Å²) in [6.45, 7) is 2.70. The molecule has 0 radical (unpaired) electrons. The number of anilines is 1. The number of carboxylic acids is 1. The summed E-state index contributed by atoms with van der Waals surface area (Å²) in [5.74, 6) is -3.13. The van der Waals surface area contributed by atoms with Gasteiger partial charge < -0.3 is 11.6 Å². The zero-order chi connectivity index (χ0) is 20.4. The van der Waals surface area contributed by atoms with Crippen LogP contribution in [0, 0.1) is 11.2 Å². The van der Waals surface area contributed by atoms with Crippen molar-refractivity contribution >= 4 is 27.8 Å². The number of aromatic hydroxyl groups is 1. The van der Waals surface area contributed by atoms with Crippen LogP contribution in [0.3, 0.4) is 0 Å². The van der Waals surface area contributed by atoms with E-state index in [4.69, 9.17) is 5.11 Å². The van der Waals surface area contributed by atoms with Crippen molar-refractivity contribution in [3.05, 3.63) is 23.5 Å². The van der Waals surface area contributed by atoms with Gasteiger partial charge in [0.2, 0.25) is 0 Å². The molecule has 0 saturated carbocycles. The van der Waals surface area contributed by atoms with Gasteiger partial charge in [-0.15, -0.1) is 0 Å². The third-order valence-electron chi connectivity index (χ3n) is 4.57. The minimum atomic E-state index is -4.23. The van der Waals surface area contributed by atoms with Crippen LogP contribution < -0.4 is 60.4 Å². The molecule has 0 unspecified atom stereocenters. The van der Waals surface area contributed by atoms with Crippen LogP contribution >= 0.6 is 0 Å². The van der Waals surface area contributed by atoms with Gasteiger partial charge in [-0.1, -0.05) is 18.9 Å². The third kappa shape index (κ3) is 5.89. The number of amides is 1. The number of carboxylic acid groups (broad SMARTS) is 1. The zero-order valence-corrected chi connectivity index (χ0v) is 20.1. The van der Waals surface area contributed by atoms with Gasteiger partial charge in [0.1, 0.15) is 18.0 Å². The van der Waals surface area contributed by atoms with Crippen LogP contribution in [0.1, 0.15) is 46.5 Å². The molecule has 1 aliphatic heterocycles. The fraction of sp³-hybridized carbons (Fsp3) is 0.529. The monoisotopic (exact) mass is 442 g/mol. The first-order valence-corrected chi connectivity index (χ1v) is 9.97. The maximum atomic E-state index is 14.8. The summed E-state index contributed by atoms with van der Waals surface area (Å²) in [6.07, 6.45) is 2.69. The van der Waals surface area contributed by atoms with Crippen LogP contribution in [0.2, 0.25) is 0 Å². The Morgan fingerprint density at radius 3 is 2.50 bits per heavy atom. The summed E-state index contributed by atoms with van der Waals surface area (Å²) in [5.41, 5.74) is -1.15. The van der Waals surface area contributed by atoms with Crippen molar-refractivity contribution in [1.29, 1.82) is 0 Å². The van der Waals surface area contributed by atoms with E-state index in [9.17, 15) is 27.5 Å². The van der Waals surface area contributed by atoms with Crippen LogP contribution in [-0.4, -0.2) is 37.1 Å². The average molecular weight is 443 g/mol. The van der Waals surface area contributed by atoms with Crippen LogP contribution in [0.4, 0.5) is 10.1 Å². The molecule has 1 fully saturated rings. The first kappa shape index (κ1) is 25.3. The van der Waals surface area contributed by atoms with Crippen molar-refractivity contribution in [2.24, 2.45) is 5.41 Å². The number of aryl methyl sites for hydroxylation is 1. The Kier molecular flexibility index (Phi) is 8.91. The van der Waals surface area contributed by atoms with Gasteiger partial charge in [0.15, 0.2) is 5.82 Å². The number of phenols is 1. The average Bonchev–Trinajstić information content (AvgIpc) is 2.81. The molecule has 1 saturated heterocycles. The molecule has 0 spiro atoms. The molecule has 1 aliphatic rings. The molecule has 8 nitrogen and oxygen atoms in total. The SMILES string of the molecule is CC(C)(CCCCCc1ccc(O)c(N2CC(=O)NS2(=O)=O)c1F)C(=O)O.[H-].[K+]. The number of hydrogen-bond donors (Lipinski definition) is 3. The molecule has 152 valence electrons. The summed E-state index contributed by atoms with van der Waals surface area (Å²) in [6, 6.07) is 2.56. The van der Waals surface area contributed by atoms with Crippen molar-refractivity contribution in [2.75, 3.05) is 10.8 Å². The molecule has 0 bridgehead atoms. The summed E-state index contributed by atoms with van der Waals surface area (Å²) in [4.78, 5) is 22.4. The summed E-state index contributed by atoms with van der Waals surface area (Å²) in [7, 11) is -4.23. The van der Waals surface area contributed by atoms with Crippen LogP contribution in [0.15, 0.2) is 12.1 Å². The number of benzene rings is 1. The van der Waals surface area contributed by atoms with Gasteiger partial charge in [0, 0.05) is 0 Å². The fourth-order valence-electron chi connectivity index (χ4n) is 2.84. The maximum absolute atomic E-state index is 14.8. The number of carbonyl (C=O) groups excluding carboxylic acids is 1. The van der Waals surface area contributed by atoms with E-state index < -0.39 is 51.3 Å². The van der Waals surface area contributed by atoms with Crippen molar-refractivity contribution in [1.82, 2.24) is 4.72 Å². The molecule has 2 rings (SSSR count). The second-order valence-electron chi connectivity index (χ2n) is 7.19. The summed E-state index contributed by atoms with van der Waals surface area (Å²) < 4.78 is 40.8. The normalized spacial score (nSPS) is 15.8. The van der Waals surface area contributed by atoms with Gasteiger partial charge in [0.05, 0.1) is 5.41 Å². The minimum Gasteiger partial charge on any atom is -1.00 e. The molecule has 1 amide bonds. The first-order valence-electron chi connectivity index (χ1n) is 8.53. The largest absolute Gasteiger partial charge is 1.00 e. The topological polar surface area (TPSA) is 124 Å². The predicted octanol–water partition coefficient (Wildman–Crippen LogP) is -0.957. The molecule has 0 aromatic heterocycles. The molecule has 0 aliphatic carbocycles. The predicted molar refractivity (Wildman–Crippen MR) is 97.2 cm³/mol. The Hall–Kier alpha value is -0.724. The number of phenolic OH excluding ortho intramolecular Hbond substituents is 1. The molecule has 1 heterocycles. The summed E-state index contributed by atoms with van der Waals surface area (Å²) >= 11 is 0. The molecule has 11 heteroatoms. The number of aliphatic carboxylic acids is 1. The molecule has 1 aromatic rings. The zero-order valence-electron chi connectivity index (χ0n) is 17.2. The van der Waals surface area contributed by atoms with E-state index in [1.165, 1.54) is 12.1 Å². The number of nitrogens with zero attached hydrogens (tertiary/aromatic N) is 1. The standard InChI is InChI=1S/C17H23FN2O6S.K.H/c1-17(2,16(23)24)9-5-3-4-6-11-7-8-12(21)15(14(11)18)20-10-13(22)19-27(20,25)26;;/h7-8,21H,3-6,9-10H2,1-2H3,(H,19,22)(H,23,24);;/q;+1;-1. The molecule has 0 atom stereocenters. The van der Waals surface area contributed by atoms with E-state index in [1.54, 1.807) is 18.6 Å². The van der Waals surface area contributed by atoms with Gasteiger partial charge in [-0.2, -0.15) is 8.42 Å². The van der Waals surface area contributed by atoms with E-state index in [0.717, 1.165) is 0 Å². The van der Waals surface area contributed by atoms with Gasteiger partial charge in [0.25, 0.3) is 5.91 Å². The van der Waals surface area contributed by atoms with Crippen molar-refractivity contribution in [3.8, 4) is 5.75 Å². The number of rotatable bonds is 8. The Bertz CT molecular complexity index is 866. The third-order valence-corrected chi connectivity index (χ3v) is 5.95. The number of carbonyl (C=O) groups is 2. The van der Waals surface area contributed by atoms with Crippen LogP contribution in [-0.2, 0) is 26.2 Å². The minimum absolute atomic E-state index is 0. The second kappa shape index (κ2) is 9.85. The number of hydrogen-bond acceptors (Lipinski definition) is 5. The number of nitrogens with one attached hydrogen (secondary N) is 1. The molecular formula is C17H24FKN2O6S. The van der Waals surface area contributed by atoms with Crippen molar-refractivity contribution in [3.63, 3.8) is 0 Å². The molecule has 1 aromatic carbocycles. The van der Waals surface area contributed by atoms with E-state index in [2.05, 4.69) is 0 Å². The summed E-state index contributed by atoms with van der Waals surface area (Å²) in [5, 5.41) is 19.0. The van der Waals surface area contributed by atoms with E-state index >= 15 is 0 Å². The van der Waals surface area contributed by atoms with Crippen LogP contribution in [0.5, 0.6) is 5.75 Å². The molecule has 3 N–H and O–H groups in total. The first-order chi connectivity index (χ1) is 12.5. The van der Waals surface area contributed by atoms with E-state index in [1.807, 2.05) is 0 Å². The fourth-order valence-corrected chi connectivity index (χ4v) is 4.00. The van der Waals surface area contributed by atoms with E-state index in [0.29, 0.717) is 36.4 Å². The van der Waals surface area contributed by atoms with Gasteiger partial charge in [-0.05, 0) is 44.7 Å². The van der Waals surface area contributed by atoms with Gasteiger partial charge >= 0.3 is 67.6 Å². The van der Waals surface area contributed by atoms with Crippen molar-refractivity contribution in [2.45, 2.75) is 46.0 Å². The Labute approximate surface area is 207 Å². The number of unbranched alkanes of at least 4 members (excludes halogenated alkanes) is 2. The van der Waals surface area contributed by atoms with Crippen molar-refractivity contribution < 1.29 is 85.4 Å². The van der Waals surface area contributed by atoms with E-state index in [-0.39, 0.29) is 58.4 Å². The second-order valence-corrected chi connectivity index (χ2v) is 8.79. The Morgan fingerprint density at radius 1 is 1.32 bits per heavy atom. The van der Waals surface area contributed by atoms with Crippen LogP contribution in [0.25, 0.3) is 0 Å². The smallest absolute Gasteiger partial charge is 1.00 e.